The lowest BCUT2D eigenvalue weighted by Gasteiger charge is -2.08. The van der Waals surface area contributed by atoms with Crippen LogP contribution in [0, 0.1) is 6.92 Å². The molecule has 1 aromatic heterocycles. The second-order valence-corrected chi connectivity index (χ2v) is 7.64. The Morgan fingerprint density at radius 3 is 2.77 bits per heavy atom. The maximum Gasteiger partial charge on any atom is 0.237 e. The number of aromatic nitrogens is 1. The van der Waals surface area contributed by atoms with Crippen molar-refractivity contribution in [2.24, 2.45) is 0 Å². The van der Waals surface area contributed by atoms with Crippen LogP contribution in [-0.2, 0) is 21.3 Å². The number of hydrogen-bond donors (Lipinski definition) is 2. The number of halogens is 1. The molecule has 1 amide bonds. The lowest BCUT2D eigenvalue weighted by molar-refractivity contribution is -0.113. The number of ether oxygens (including phenoxy) is 1. The lowest BCUT2D eigenvalue weighted by atomic mass is 10.2. The van der Waals surface area contributed by atoms with E-state index in [-0.39, 0.29) is 28.6 Å². The summed E-state index contributed by atoms with van der Waals surface area (Å²) in [7, 11) is -1.46. The van der Waals surface area contributed by atoms with Gasteiger partial charge in [-0.3, -0.25) is 13.8 Å². The van der Waals surface area contributed by atoms with Crippen LogP contribution in [0.1, 0.15) is 24.6 Å². The number of rotatable bonds is 8. The van der Waals surface area contributed by atoms with Gasteiger partial charge in [0.15, 0.2) is 5.75 Å². The smallest absolute Gasteiger partial charge is 0.237 e. The Balaban J connectivity index is 1.91. The first-order valence-corrected chi connectivity index (χ1v) is 10.0. The molecule has 0 saturated heterocycles. The molecule has 0 spiro atoms. The number of H-pyrrole nitrogens is 1. The van der Waals surface area contributed by atoms with Gasteiger partial charge in [0.05, 0.1) is 12.4 Å². The predicted molar refractivity (Wildman–Crippen MR) is 104 cm³/mol. The van der Waals surface area contributed by atoms with Crippen LogP contribution in [0.3, 0.4) is 0 Å². The van der Waals surface area contributed by atoms with Gasteiger partial charge in [0.25, 0.3) is 0 Å². The summed E-state index contributed by atoms with van der Waals surface area (Å²) >= 11 is 6.01. The zero-order valence-electron chi connectivity index (χ0n) is 14.6. The molecule has 2 N–H and O–H groups in total. The van der Waals surface area contributed by atoms with Crippen molar-refractivity contribution in [2.75, 3.05) is 17.7 Å². The monoisotopic (exact) mass is 396 g/mol. The summed E-state index contributed by atoms with van der Waals surface area (Å²) in [5, 5.41) is 3.21. The van der Waals surface area contributed by atoms with Crippen LogP contribution < -0.4 is 15.5 Å². The predicted octanol–water partition coefficient (Wildman–Crippen LogP) is 3.01. The third-order valence-electron chi connectivity index (χ3n) is 3.46. The Morgan fingerprint density at radius 2 is 2.12 bits per heavy atom. The molecular weight excluding hydrogens is 376 g/mol. The molecule has 0 fully saturated rings. The van der Waals surface area contributed by atoms with Crippen LogP contribution >= 0.6 is 11.6 Å². The van der Waals surface area contributed by atoms with E-state index >= 15 is 0 Å². The van der Waals surface area contributed by atoms with Crippen LogP contribution in [0.15, 0.2) is 35.3 Å². The molecule has 0 aliphatic carbocycles. The van der Waals surface area contributed by atoms with Gasteiger partial charge in [-0.25, -0.2) is 0 Å². The highest BCUT2D eigenvalue weighted by Gasteiger charge is 2.11. The van der Waals surface area contributed by atoms with Crippen molar-refractivity contribution in [2.45, 2.75) is 26.0 Å². The summed E-state index contributed by atoms with van der Waals surface area (Å²) in [6.07, 6.45) is 2.26. The summed E-state index contributed by atoms with van der Waals surface area (Å²) in [5.74, 6) is -0.253. The molecule has 1 unspecified atom stereocenters. The number of benzene rings is 1. The molecule has 140 valence electrons. The minimum absolute atomic E-state index is 0.0748. The van der Waals surface area contributed by atoms with Crippen molar-refractivity contribution in [3.63, 3.8) is 0 Å². The maximum atomic E-state index is 12.2. The Hall–Kier alpha value is -2.12. The lowest BCUT2D eigenvalue weighted by Crippen LogP contribution is -2.21. The number of aryl methyl sites for hydroxylation is 1. The molecular formula is C18H21ClN2O4S. The third-order valence-corrected chi connectivity index (χ3v) is 5.09. The topological polar surface area (TPSA) is 88.3 Å². The van der Waals surface area contributed by atoms with Gasteiger partial charge in [-0.15, -0.1) is 0 Å². The first-order chi connectivity index (χ1) is 12.4. The van der Waals surface area contributed by atoms with Gasteiger partial charge in [0.2, 0.25) is 11.3 Å². The molecule has 1 heterocycles. The number of nitrogens with one attached hydrogen (secondary N) is 2. The third kappa shape index (κ3) is 6.00. The Morgan fingerprint density at radius 1 is 1.35 bits per heavy atom. The second-order valence-electron chi connectivity index (χ2n) is 5.78. The number of carbonyl (C=O) groups excluding carboxylic acids is 1. The molecule has 0 aliphatic rings. The fourth-order valence-electron chi connectivity index (χ4n) is 2.15. The maximum absolute atomic E-state index is 12.2. The number of anilines is 1. The normalized spacial score (nSPS) is 11.8. The molecule has 2 rings (SSSR count). The molecule has 6 nitrogen and oxygen atoms in total. The molecule has 0 bridgehead atoms. The fraction of sp³-hybridized carbons (Fsp3) is 0.333. The largest absolute Gasteiger partial charge is 0.488 e. The van der Waals surface area contributed by atoms with Gasteiger partial charge in [-0.05, 0) is 31.0 Å². The first-order valence-electron chi connectivity index (χ1n) is 8.14. The van der Waals surface area contributed by atoms with Crippen LogP contribution in [-0.4, -0.2) is 27.5 Å². The van der Waals surface area contributed by atoms with E-state index in [1.807, 2.05) is 13.8 Å². The van der Waals surface area contributed by atoms with E-state index in [0.717, 1.165) is 12.0 Å². The standard InChI is InChI=1S/C18H21ClN2O4S/c1-3-6-25-17-9-20-14(8-16(17)22)10-26(24)11-18(23)21-13-5-4-12(2)15(19)7-13/h4-5,7-9H,3,6,10-11H2,1-2H3,(H,20,22)(H,21,23). The van der Waals surface area contributed by atoms with Gasteiger partial charge in [-0.2, -0.15) is 0 Å². The van der Waals surface area contributed by atoms with Crippen molar-refractivity contribution in [1.82, 2.24) is 4.98 Å². The first kappa shape index (κ1) is 20.2. The molecule has 0 aliphatic heterocycles. The Bertz CT molecular complexity index is 867. The van der Waals surface area contributed by atoms with Crippen molar-refractivity contribution < 1.29 is 13.7 Å². The molecule has 1 atom stereocenters. The van der Waals surface area contributed by atoms with Crippen molar-refractivity contribution in [3.05, 3.63) is 57.0 Å². The molecule has 1 aromatic carbocycles. The summed E-state index contributed by atoms with van der Waals surface area (Å²) in [4.78, 5) is 26.8. The minimum atomic E-state index is -1.46. The van der Waals surface area contributed by atoms with E-state index in [2.05, 4.69) is 10.3 Å². The van der Waals surface area contributed by atoms with Crippen LogP contribution in [0.5, 0.6) is 5.75 Å². The SMILES string of the molecule is CCCOc1c[nH]c(CS(=O)CC(=O)Nc2ccc(C)c(Cl)c2)cc1=O. The summed E-state index contributed by atoms with van der Waals surface area (Å²) in [6.45, 7) is 4.27. The molecule has 8 heteroatoms. The number of hydrogen-bond acceptors (Lipinski definition) is 4. The number of aromatic amines is 1. The van der Waals surface area contributed by atoms with Crippen LogP contribution in [0.2, 0.25) is 5.02 Å². The van der Waals surface area contributed by atoms with Gasteiger partial charge < -0.3 is 15.0 Å². The van der Waals surface area contributed by atoms with Crippen molar-refractivity contribution >= 4 is 34.0 Å². The fourth-order valence-corrected chi connectivity index (χ4v) is 3.31. The highest BCUT2D eigenvalue weighted by atomic mass is 35.5. The molecule has 0 radical (unpaired) electrons. The second kappa shape index (κ2) is 9.54. The van der Waals surface area contributed by atoms with E-state index in [9.17, 15) is 13.8 Å². The van der Waals surface area contributed by atoms with E-state index in [1.54, 1.807) is 18.2 Å². The molecule has 26 heavy (non-hydrogen) atoms. The van der Waals surface area contributed by atoms with Crippen LogP contribution in [0.25, 0.3) is 0 Å². The highest BCUT2D eigenvalue weighted by molar-refractivity contribution is 7.84. The van der Waals surface area contributed by atoms with Crippen LogP contribution in [0.4, 0.5) is 5.69 Å². The minimum Gasteiger partial charge on any atom is -0.488 e. The van der Waals surface area contributed by atoms with Gasteiger partial charge in [-0.1, -0.05) is 24.6 Å². The van der Waals surface area contributed by atoms with Crippen molar-refractivity contribution in [1.29, 1.82) is 0 Å². The number of amides is 1. The Labute approximate surface area is 159 Å². The van der Waals surface area contributed by atoms with E-state index in [1.165, 1.54) is 12.3 Å². The van der Waals surface area contributed by atoms with Gasteiger partial charge in [0, 0.05) is 39.5 Å². The molecule has 2 aromatic rings. The number of carbonyl (C=O) groups is 1. The zero-order valence-corrected chi connectivity index (χ0v) is 16.2. The zero-order chi connectivity index (χ0) is 19.1. The average Bonchev–Trinajstić information content (AvgIpc) is 2.57. The quantitative estimate of drug-likeness (QED) is 0.717. The van der Waals surface area contributed by atoms with Gasteiger partial charge >= 0.3 is 0 Å². The number of pyridine rings is 1. The van der Waals surface area contributed by atoms with E-state index in [0.29, 0.717) is 23.0 Å². The average molecular weight is 397 g/mol. The Kier molecular flexibility index (Phi) is 7.41. The van der Waals surface area contributed by atoms with Gasteiger partial charge in [0.1, 0.15) is 5.75 Å². The summed E-state index contributed by atoms with van der Waals surface area (Å²) in [6, 6.07) is 6.52. The highest BCUT2D eigenvalue weighted by Crippen LogP contribution is 2.19. The summed E-state index contributed by atoms with van der Waals surface area (Å²) < 4.78 is 17.5. The van der Waals surface area contributed by atoms with E-state index < -0.39 is 10.8 Å². The summed E-state index contributed by atoms with van der Waals surface area (Å²) in [5.41, 5.74) is 1.67. The van der Waals surface area contributed by atoms with E-state index in [4.69, 9.17) is 16.3 Å². The van der Waals surface area contributed by atoms with Crippen molar-refractivity contribution in [3.8, 4) is 5.75 Å². The molecule has 0 saturated carbocycles.